The molecule has 1 aromatic carbocycles. The van der Waals surface area contributed by atoms with Crippen LogP contribution in [0, 0.1) is 5.82 Å². The van der Waals surface area contributed by atoms with Gasteiger partial charge >= 0.3 is 0 Å². The highest BCUT2D eigenvalue weighted by atomic mass is 19.1. The molecule has 0 atom stereocenters. The standard InChI is InChI=1S/C10H14FNO2/c1-13-7-8-3-4-10(11)9(5-8)6-12-14-2/h3-5,12H,6-7H2,1-2H3. The molecule has 0 spiro atoms. The molecule has 0 aliphatic heterocycles. The molecule has 0 aliphatic carbocycles. The normalized spacial score (nSPS) is 10.5. The Morgan fingerprint density at radius 2 is 2.14 bits per heavy atom. The van der Waals surface area contributed by atoms with Gasteiger partial charge in [-0.2, -0.15) is 5.48 Å². The van der Waals surface area contributed by atoms with E-state index in [1.54, 1.807) is 19.2 Å². The summed E-state index contributed by atoms with van der Waals surface area (Å²) in [6.07, 6.45) is 0. The number of halogens is 1. The number of hydrogen-bond acceptors (Lipinski definition) is 3. The van der Waals surface area contributed by atoms with Gasteiger partial charge in [0.1, 0.15) is 5.82 Å². The molecule has 0 saturated carbocycles. The van der Waals surface area contributed by atoms with Crippen molar-refractivity contribution < 1.29 is 14.0 Å². The van der Waals surface area contributed by atoms with Crippen LogP contribution in [0.25, 0.3) is 0 Å². The van der Waals surface area contributed by atoms with Gasteiger partial charge in [-0.25, -0.2) is 4.39 Å². The third-order valence-corrected chi connectivity index (χ3v) is 1.83. The highest BCUT2D eigenvalue weighted by Crippen LogP contribution is 2.11. The molecule has 0 fully saturated rings. The lowest BCUT2D eigenvalue weighted by atomic mass is 10.1. The first-order valence-corrected chi connectivity index (χ1v) is 4.30. The Morgan fingerprint density at radius 1 is 1.36 bits per heavy atom. The molecule has 0 saturated heterocycles. The number of hydroxylamine groups is 1. The zero-order valence-corrected chi connectivity index (χ0v) is 8.34. The molecule has 4 heteroatoms. The maximum Gasteiger partial charge on any atom is 0.127 e. The highest BCUT2D eigenvalue weighted by molar-refractivity contribution is 5.24. The minimum absolute atomic E-state index is 0.241. The summed E-state index contributed by atoms with van der Waals surface area (Å²) in [5.41, 5.74) is 4.11. The Balaban J connectivity index is 2.74. The summed E-state index contributed by atoms with van der Waals surface area (Å²) in [6, 6.07) is 4.89. The molecule has 3 nitrogen and oxygen atoms in total. The van der Waals surface area contributed by atoms with Gasteiger partial charge in [-0.15, -0.1) is 0 Å². The van der Waals surface area contributed by atoms with Crippen LogP contribution in [0.15, 0.2) is 18.2 Å². The van der Waals surface area contributed by atoms with Gasteiger partial charge in [-0.05, 0) is 17.7 Å². The van der Waals surface area contributed by atoms with Crippen molar-refractivity contribution in [2.24, 2.45) is 0 Å². The highest BCUT2D eigenvalue weighted by Gasteiger charge is 2.02. The van der Waals surface area contributed by atoms with Crippen molar-refractivity contribution in [1.82, 2.24) is 5.48 Å². The van der Waals surface area contributed by atoms with Crippen molar-refractivity contribution in [1.29, 1.82) is 0 Å². The van der Waals surface area contributed by atoms with E-state index in [2.05, 4.69) is 10.3 Å². The van der Waals surface area contributed by atoms with Crippen LogP contribution in [0.1, 0.15) is 11.1 Å². The second kappa shape index (κ2) is 5.70. The summed E-state index contributed by atoms with van der Waals surface area (Å²) >= 11 is 0. The van der Waals surface area contributed by atoms with E-state index in [9.17, 15) is 4.39 Å². The van der Waals surface area contributed by atoms with E-state index in [4.69, 9.17) is 4.74 Å². The fourth-order valence-electron chi connectivity index (χ4n) is 1.17. The first-order chi connectivity index (χ1) is 6.77. The molecule has 78 valence electrons. The van der Waals surface area contributed by atoms with E-state index < -0.39 is 0 Å². The fourth-order valence-corrected chi connectivity index (χ4v) is 1.17. The van der Waals surface area contributed by atoms with Gasteiger partial charge < -0.3 is 9.57 Å². The summed E-state index contributed by atoms with van der Waals surface area (Å²) < 4.78 is 18.1. The van der Waals surface area contributed by atoms with Crippen molar-refractivity contribution in [3.8, 4) is 0 Å². The van der Waals surface area contributed by atoms with Crippen LogP contribution in [0.4, 0.5) is 4.39 Å². The minimum Gasteiger partial charge on any atom is -0.380 e. The first kappa shape index (κ1) is 11.1. The molecule has 14 heavy (non-hydrogen) atoms. The van der Waals surface area contributed by atoms with Gasteiger partial charge in [0.15, 0.2) is 0 Å². The topological polar surface area (TPSA) is 30.5 Å². The number of benzene rings is 1. The summed E-state index contributed by atoms with van der Waals surface area (Å²) in [5, 5.41) is 0. The Morgan fingerprint density at radius 3 is 2.79 bits per heavy atom. The van der Waals surface area contributed by atoms with Crippen molar-refractivity contribution >= 4 is 0 Å². The fraction of sp³-hybridized carbons (Fsp3) is 0.400. The molecule has 1 N–H and O–H groups in total. The van der Waals surface area contributed by atoms with Gasteiger partial charge in [-0.3, -0.25) is 0 Å². The van der Waals surface area contributed by atoms with Crippen LogP contribution in [0.3, 0.4) is 0 Å². The molecule has 0 aliphatic rings. The molecular formula is C10H14FNO2. The third-order valence-electron chi connectivity index (χ3n) is 1.83. The van der Waals surface area contributed by atoms with Crippen molar-refractivity contribution in [3.05, 3.63) is 35.1 Å². The van der Waals surface area contributed by atoms with Gasteiger partial charge in [0.25, 0.3) is 0 Å². The summed E-state index contributed by atoms with van der Waals surface area (Å²) in [5.74, 6) is -0.241. The first-order valence-electron chi connectivity index (χ1n) is 4.30. The van der Waals surface area contributed by atoms with E-state index in [1.165, 1.54) is 13.2 Å². The Bertz CT molecular complexity index is 291. The van der Waals surface area contributed by atoms with E-state index in [-0.39, 0.29) is 5.82 Å². The summed E-state index contributed by atoms with van der Waals surface area (Å²) in [4.78, 5) is 4.65. The number of ether oxygens (including phenoxy) is 1. The lowest BCUT2D eigenvalue weighted by Gasteiger charge is -2.06. The predicted molar refractivity (Wildman–Crippen MR) is 51.0 cm³/mol. The van der Waals surface area contributed by atoms with E-state index >= 15 is 0 Å². The lowest BCUT2D eigenvalue weighted by molar-refractivity contribution is 0.0858. The van der Waals surface area contributed by atoms with Gasteiger partial charge in [0.05, 0.1) is 13.7 Å². The largest absolute Gasteiger partial charge is 0.380 e. The number of nitrogens with one attached hydrogen (secondary N) is 1. The van der Waals surface area contributed by atoms with Crippen molar-refractivity contribution in [3.63, 3.8) is 0 Å². The Kier molecular flexibility index (Phi) is 4.52. The average molecular weight is 199 g/mol. The molecule has 0 bridgehead atoms. The average Bonchev–Trinajstić information content (AvgIpc) is 2.19. The monoisotopic (exact) mass is 199 g/mol. The number of rotatable bonds is 5. The minimum atomic E-state index is -0.241. The van der Waals surface area contributed by atoms with E-state index in [0.29, 0.717) is 18.7 Å². The quantitative estimate of drug-likeness (QED) is 0.731. The van der Waals surface area contributed by atoms with Gasteiger partial charge in [-0.1, -0.05) is 6.07 Å². The molecule has 0 aromatic heterocycles. The van der Waals surface area contributed by atoms with E-state index in [0.717, 1.165) is 5.56 Å². The molecule has 1 rings (SSSR count). The third kappa shape index (κ3) is 3.06. The zero-order chi connectivity index (χ0) is 10.4. The van der Waals surface area contributed by atoms with Crippen molar-refractivity contribution in [2.75, 3.05) is 14.2 Å². The molecule has 0 unspecified atom stereocenters. The van der Waals surface area contributed by atoms with Crippen LogP contribution in [-0.4, -0.2) is 14.2 Å². The lowest BCUT2D eigenvalue weighted by Crippen LogP contribution is -2.12. The molecule has 0 amide bonds. The second-order valence-electron chi connectivity index (χ2n) is 2.88. The SMILES string of the molecule is COCc1ccc(F)c(CNOC)c1. The maximum atomic E-state index is 13.2. The van der Waals surface area contributed by atoms with Crippen LogP contribution in [-0.2, 0) is 22.7 Å². The van der Waals surface area contributed by atoms with Gasteiger partial charge in [0, 0.05) is 19.2 Å². The molecule has 0 heterocycles. The Hall–Kier alpha value is -0.970. The molecule has 1 aromatic rings. The number of hydrogen-bond donors (Lipinski definition) is 1. The zero-order valence-electron chi connectivity index (χ0n) is 8.34. The maximum absolute atomic E-state index is 13.2. The van der Waals surface area contributed by atoms with Crippen molar-refractivity contribution in [2.45, 2.75) is 13.2 Å². The van der Waals surface area contributed by atoms with E-state index in [1.807, 2.05) is 0 Å². The van der Waals surface area contributed by atoms with Crippen LogP contribution >= 0.6 is 0 Å². The Labute approximate surface area is 82.8 Å². The smallest absolute Gasteiger partial charge is 0.127 e. The predicted octanol–water partition coefficient (Wildman–Crippen LogP) is 1.62. The second-order valence-corrected chi connectivity index (χ2v) is 2.88. The van der Waals surface area contributed by atoms with Gasteiger partial charge in [0.2, 0.25) is 0 Å². The van der Waals surface area contributed by atoms with Crippen LogP contribution < -0.4 is 5.48 Å². The van der Waals surface area contributed by atoms with Crippen LogP contribution in [0.2, 0.25) is 0 Å². The van der Waals surface area contributed by atoms with Crippen LogP contribution in [0.5, 0.6) is 0 Å². The molecule has 0 radical (unpaired) electrons. The summed E-state index contributed by atoms with van der Waals surface area (Å²) in [7, 11) is 3.10. The number of methoxy groups -OCH3 is 1. The summed E-state index contributed by atoms with van der Waals surface area (Å²) in [6.45, 7) is 0.833. The molecular weight excluding hydrogens is 185 g/mol.